The Bertz CT molecular complexity index is 311. The molecule has 0 bridgehead atoms. The van der Waals surface area contributed by atoms with Crippen molar-refractivity contribution in [3.05, 3.63) is 0 Å². The van der Waals surface area contributed by atoms with E-state index in [1.807, 2.05) is 25.7 Å². The maximum atomic E-state index is 11.8. The van der Waals surface area contributed by atoms with Gasteiger partial charge in [0.1, 0.15) is 0 Å². The third-order valence-corrected chi connectivity index (χ3v) is 3.99. The first-order valence-corrected chi connectivity index (χ1v) is 6.88. The molecule has 1 aliphatic rings. The van der Waals surface area contributed by atoms with Gasteiger partial charge in [-0.15, -0.1) is 0 Å². The molecule has 0 saturated carbocycles. The lowest BCUT2D eigenvalue weighted by molar-refractivity contribution is 0.0983. The summed E-state index contributed by atoms with van der Waals surface area (Å²) in [7, 11) is 0. The molecule has 5 nitrogen and oxygen atoms in total. The van der Waals surface area contributed by atoms with Crippen LogP contribution in [-0.4, -0.2) is 59.1 Å². The normalized spacial score (nSPS) is 17.6. The monoisotopic (exact) mass is 272 g/mol. The average Bonchev–Trinajstić information content (AvgIpc) is 2.35. The summed E-state index contributed by atoms with van der Waals surface area (Å²) in [5, 5.41) is 2.90. The van der Waals surface area contributed by atoms with E-state index in [0.717, 1.165) is 39.1 Å². The largest absolute Gasteiger partial charge is 0.392 e. The summed E-state index contributed by atoms with van der Waals surface area (Å²) < 4.78 is 0. The van der Waals surface area contributed by atoms with Crippen molar-refractivity contribution in [2.75, 3.05) is 32.7 Å². The van der Waals surface area contributed by atoms with Gasteiger partial charge in [0.25, 0.3) is 0 Å². The van der Waals surface area contributed by atoms with E-state index >= 15 is 0 Å². The first kappa shape index (κ1) is 15.2. The number of amides is 2. The molecule has 1 fully saturated rings. The topological polar surface area (TPSA) is 61.6 Å². The first-order valence-electron chi connectivity index (χ1n) is 6.47. The van der Waals surface area contributed by atoms with Crippen molar-refractivity contribution in [1.82, 2.24) is 15.1 Å². The molecule has 18 heavy (non-hydrogen) atoms. The van der Waals surface area contributed by atoms with Gasteiger partial charge >= 0.3 is 6.03 Å². The summed E-state index contributed by atoms with van der Waals surface area (Å²) in [6.07, 6.45) is 0.959. The summed E-state index contributed by atoms with van der Waals surface area (Å²) in [4.78, 5) is 16.4. The minimum atomic E-state index is -0.276. The molecule has 6 heteroatoms. The number of nitrogens with zero attached hydrogens (tertiary/aromatic N) is 2. The molecule has 1 rings (SSSR count). The van der Waals surface area contributed by atoms with Gasteiger partial charge in [-0.05, 0) is 20.3 Å². The van der Waals surface area contributed by atoms with Gasteiger partial charge in [0.05, 0.1) is 10.5 Å². The van der Waals surface area contributed by atoms with Crippen LogP contribution < -0.4 is 11.1 Å². The maximum Gasteiger partial charge on any atom is 0.317 e. The second-order valence-corrected chi connectivity index (χ2v) is 5.57. The summed E-state index contributed by atoms with van der Waals surface area (Å²) in [5.74, 6) is 0. The van der Waals surface area contributed by atoms with Crippen LogP contribution in [-0.2, 0) is 0 Å². The molecule has 0 aromatic heterocycles. The van der Waals surface area contributed by atoms with Crippen LogP contribution in [0, 0.1) is 0 Å². The van der Waals surface area contributed by atoms with E-state index in [0.29, 0.717) is 4.99 Å². The number of thiocarbonyl (C=S) groups is 1. The fourth-order valence-electron chi connectivity index (χ4n) is 1.97. The Labute approximate surface area is 115 Å². The lowest BCUT2D eigenvalue weighted by Gasteiger charge is -2.43. The van der Waals surface area contributed by atoms with Gasteiger partial charge in [0, 0.05) is 32.7 Å². The van der Waals surface area contributed by atoms with Crippen LogP contribution in [0.15, 0.2) is 0 Å². The van der Waals surface area contributed by atoms with Gasteiger partial charge in [-0.3, -0.25) is 4.90 Å². The Morgan fingerprint density at radius 2 is 1.89 bits per heavy atom. The van der Waals surface area contributed by atoms with Crippen molar-refractivity contribution in [3.8, 4) is 0 Å². The molecule has 1 heterocycles. The predicted octanol–water partition coefficient (Wildman–Crippen LogP) is 0.788. The molecular formula is C12H24N4OS. The minimum Gasteiger partial charge on any atom is -0.392 e. The van der Waals surface area contributed by atoms with Gasteiger partial charge in [-0.25, -0.2) is 4.79 Å². The number of carbonyl (C=O) groups is 1. The van der Waals surface area contributed by atoms with Crippen LogP contribution in [0.1, 0.15) is 27.2 Å². The zero-order chi connectivity index (χ0) is 13.8. The Hall–Kier alpha value is -0.880. The molecule has 0 aliphatic carbocycles. The van der Waals surface area contributed by atoms with Crippen molar-refractivity contribution < 1.29 is 4.79 Å². The molecule has 104 valence electrons. The predicted molar refractivity (Wildman–Crippen MR) is 77.7 cm³/mol. The Morgan fingerprint density at radius 3 is 2.33 bits per heavy atom. The van der Waals surface area contributed by atoms with E-state index in [-0.39, 0.29) is 11.6 Å². The summed E-state index contributed by atoms with van der Waals surface area (Å²) >= 11 is 5.09. The number of rotatable bonds is 4. The molecule has 0 aromatic carbocycles. The third kappa shape index (κ3) is 3.55. The van der Waals surface area contributed by atoms with E-state index in [4.69, 9.17) is 18.0 Å². The van der Waals surface area contributed by atoms with Crippen molar-refractivity contribution in [2.45, 2.75) is 32.7 Å². The van der Waals surface area contributed by atoms with Crippen LogP contribution in [0.25, 0.3) is 0 Å². The average molecular weight is 272 g/mol. The fraction of sp³-hybridized carbons (Fsp3) is 0.833. The van der Waals surface area contributed by atoms with Crippen molar-refractivity contribution in [3.63, 3.8) is 0 Å². The smallest absolute Gasteiger partial charge is 0.317 e. The highest BCUT2D eigenvalue weighted by Gasteiger charge is 2.33. The molecule has 0 spiro atoms. The van der Waals surface area contributed by atoms with E-state index in [1.165, 1.54) is 0 Å². The summed E-state index contributed by atoms with van der Waals surface area (Å²) in [6.45, 7) is 9.90. The van der Waals surface area contributed by atoms with Crippen LogP contribution in [0.5, 0.6) is 0 Å². The molecule has 0 unspecified atom stereocenters. The van der Waals surface area contributed by atoms with Gasteiger partial charge in [-0.2, -0.15) is 0 Å². The molecule has 3 N–H and O–H groups in total. The molecular weight excluding hydrogens is 248 g/mol. The van der Waals surface area contributed by atoms with Gasteiger partial charge < -0.3 is 16.0 Å². The number of nitrogens with one attached hydrogen (secondary N) is 1. The Balaban J connectivity index is 2.46. The van der Waals surface area contributed by atoms with Crippen molar-refractivity contribution >= 4 is 23.2 Å². The van der Waals surface area contributed by atoms with E-state index in [2.05, 4.69) is 10.2 Å². The standard InChI is InChI=1S/C12H24N4OS/c1-4-5-14-11(17)15-6-8-16(9-7-15)12(2,3)10(13)18/h4-9H2,1-3H3,(H2,13,18)(H,14,17). The molecule has 2 amide bonds. The zero-order valence-corrected chi connectivity index (χ0v) is 12.3. The maximum absolute atomic E-state index is 11.8. The minimum absolute atomic E-state index is 0.0321. The highest BCUT2D eigenvalue weighted by Crippen LogP contribution is 2.17. The second-order valence-electron chi connectivity index (χ2n) is 5.13. The lowest BCUT2D eigenvalue weighted by Crippen LogP contribution is -2.60. The van der Waals surface area contributed by atoms with Crippen molar-refractivity contribution in [1.29, 1.82) is 0 Å². The van der Waals surface area contributed by atoms with Gasteiger partial charge in [-0.1, -0.05) is 19.1 Å². The van der Waals surface area contributed by atoms with E-state index in [9.17, 15) is 4.79 Å². The molecule has 0 atom stereocenters. The first-order chi connectivity index (χ1) is 8.39. The van der Waals surface area contributed by atoms with Crippen molar-refractivity contribution in [2.24, 2.45) is 5.73 Å². The zero-order valence-electron chi connectivity index (χ0n) is 11.5. The summed E-state index contributed by atoms with van der Waals surface area (Å²) in [6, 6.07) is 0.0321. The molecule has 1 saturated heterocycles. The van der Waals surface area contributed by atoms with Crippen LogP contribution >= 0.6 is 12.2 Å². The molecule has 1 aliphatic heterocycles. The fourth-order valence-corrected chi connectivity index (χ4v) is 2.10. The van der Waals surface area contributed by atoms with Crippen LogP contribution in [0.3, 0.4) is 0 Å². The van der Waals surface area contributed by atoms with E-state index in [1.54, 1.807) is 0 Å². The number of piperazine rings is 1. The Morgan fingerprint density at radius 1 is 1.33 bits per heavy atom. The number of hydrogen-bond donors (Lipinski definition) is 2. The number of carbonyl (C=O) groups excluding carboxylic acids is 1. The van der Waals surface area contributed by atoms with E-state index < -0.39 is 0 Å². The highest BCUT2D eigenvalue weighted by molar-refractivity contribution is 7.80. The number of hydrogen-bond acceptors (Lipinski definition) is 3. The molecule has 0 radical (unpaired) electrons. The number of nitrogens with two attached hydrogens (primary N) is 1. The van der Waals surface area contributed by atoms with Crippen LogP contribution in [0.2, 0.25) is 0 Å². The van der Waals surface area contributed by atoms with Gasteiger partial charge in [0.15, 0.2) is 0 Å². The lowest BCUT2D eigenvalue weighted by atomic mass is 10.0. The Kier molecular flexibility index (Phi) is 5.34. The second kappa shape index (κ2) is 6.33. The SMILES string of the molecule is CCCNC(=O)N1CCN(C(C)(C)C(N)=S)CC1. The third-order valence-electron chi connectivity index (χ3n) is 3.49. The highest BCUT2D eigenvalue weighted by atomic mass is 32.1. The number of urea groups is 1. The van der Waals surface area contributed by atoms with Gasteiger partial charge in [0.2, 0.25) is 0 Å². The quantitative estimate of drug-likeness (QED) is 0.743. The summed E-state index contributed by atoms with van der Waals surface area (Å²) in [5.41, 5.74) is 5.48. The van der Waals surface area contributed by atoms with Crippen LogP contribution in [0.4, 0.5) is 4.79 Å². The molecule has 0 aromatic rings.